The molecule has 0 aliphatic carbocycles. The lowest BCUT2D eigenvalue weighted by Gasteiger charge is -2.21. The van der Waals surface area contributed by atoms with E-state index in [4.69, 9.17) is 37.0 Å². The average molecular weight is 1550 g/mol. The van der Waals surface area contributed by atoms with Crippen LogP contribution in [0.5, 0.6) is 0 Å². The molecule has 0 fully saturated rings. The molecular weight excluding hydrogens is 1400 g/mol. The van der Waals surface area contributed by atoms with Crippen molar-refractivity contribution in [2.45, 2.75) is 341 Å². The molecule has 108 heavy (non-hydrogen) atoms. The predicted molar refractivity (Wildman–Crippen MR) is 445 cm³/mol. The molecule has 0 heterocycles. The van der Waals surface area contributed by atoms with Crippen molar-refractivity contribution in [2.24, 2.45) is 0 Å². The first-order valence-electron chi connectivity index (χ1n) is 41.7. The summed E-state index contributed by atoms with van der Waals surface area (Å²) < 4.78 is 68.7. The molecular formula is C89H148O17P2. The molecule has 5 atom stereocenters. The molecule has 0 aliphatic rings. The van der Waals surface area contributed by atoms with Crippen molar-refractivity contribution in [1.29, 1.82) is 0 Å². The van der Waals surface area contributed by atoms with Crippen LogP contribution in [0, 0.1) is 0 Å². The Kier molecular flexibility index (Phi) is 75.8. The lowest BCUT2D eigenvalue weighted by atomic mass is 10.1. The van der Waals surface area contributed by atoms with E-state index < -0.39 is 97.5 Å². The number of carbonyl (C=O) groups excluding carboxylic acids is 4. The molecule has 0 spiro atoms. The van der Waals surface area contributed by atoms with Gasteiger partial charge in [0.2, 0.25) is 0 Å². The van der Waals surface area contributed by atoms with Gasteiger partial charge in [-0.25, -0.2) is 9.13 Å². The van der Waals surface area contributed by atoms with E-state index >= 15 is 0 Å². The normalized spacial score (nSPS) is 14.6. The summed E-state index contributed by atoms with van der Waals surface area (Å²) in [5, 5.41) is 10.7. The van der Waals surface area contributed by atoms with Gasteiger partial charge >= 0.3 is 39.5 Å². The SMILES string of the molecule is CC/C=C\C/C=C\C/C=C\C/C=C\C/C=C\CCCCCC(=O)OCC(COP(=O)(O)OCC(O)COP(=O)(O)OCC(COC(=O)CCCCCCC/C=C\C/C=C\CCCCC)OC(=O)CCCCCCC/C=C\CCCCCCCC)OC(=O)CCCCC/C=C\C/C=C\C/C=C\C/C=C\C/C=C\CC. The first kappa shape index (κ1) is 103. The highest BCUT2D eigenvalue weighted by molar-refractivity contribution is 7.47. The highest BCUT2D eigenvalue weighted by Crippen LogP contribution is 2.45. The molecule has 0 saturated carbocycles. The molecule has 0 bridgehead atoms. The van der Waals surface area contributed by atoms with Gasteiger partial charge in [0.05, 0.1) is 26.4 Å². The van der Waals surface area contributed by atoms with E-state index in [9.17, 15) is 43.2 Å². The van der Waals surface area contributed by atoms with Crippen molar-refractivity contribution in [3.05, 3.63) is 158 Å². The van der Waals surface area contributed by atoms with Crippen LogP contribution >= 0.6 is 15.6 Å². The summed E-state index contributed by atoms with van der Waals surface area (Å²) >= 11 is 0. The van der Waals surface area contributed by atoms with Crippen LogP contribution in [0.25, 0.3) is 0 Å². The largest absolute Gasteiger partial charge is 0.472 e. The third kappa shape index (κ3) is 78.8. The van der Waals surface area contributed by atoms with Crippen LogP contribution in [-0.2, 0) is 65.4 Å². The second-order valence-corrected chi connectivity index (χ2v) is 30.2. The molecule has 0 aliphatic heterocycles. The van der Waals surface area contributed by atoms with E-state index in [1.165, 1.54) is 57.8 Å². The number of carbonyl (C=O) groups is 4. The Labute approximate surface area is 655 Å². The number of aliphatic hydroxyl groups is 1. The van der Waals surface area contributed by atoms with E-state index in [0.29, 0.717) is 25.7 Å². The minimum atomic E-state index is -5.01. The zero-order valence-corrected chi connectivity index (χ0v) is 69.3. The fourth-order valence-corrected chi connectivity index (χ4v) is 12.2. The molecule has 5 unspecified atom stereocenters. The van der Waals surface area contributed by atoms with Gasteiger partial charge in [0.15, 0.2) is 12.2 Å². The predicted octanol–water partition coefficient (Wildman–Crippen LogP) is 24.8. The van der Waals surface area contributed by atoms with Gasteiger partial charge in [-0.15, -0.1) is 0 Å². The summed E-state index contributed by atoms with van der Waals surface area (Å²) in [5.74, 6) is -2.28. The molecule has 19 heteroatoms. The number of phosphoric ester groups is 2. The van der Waals surface area contributed by atoms with E-state index in [1.807, 2.05) is 0 Å². The van der Waals surface area contributed by atoms with E-state index in [0.717, 1.165) is 186 Å². The second-order valence-electron chi connectivity index (χ2n) is 27.3. The fraction of sp³-hybridized carbons (Fsp3) is 0.663. The number of esters is 4. The second kappa shape index (κ2) is 79.8. The maximum absolute atomic E-state index is 13.1. The Morgan fingerprint density at radius 3 is 0.778 bits per heavy atom. The van der Waals surface area contributed by atoms with Gasteiger partial charge in [-0.05, 0) is 173 Å². The van der Waals surface area contributed by atoms with E-state index in [-0.39, 0.29) is 25.7 Å². The molecule has 616 valence electrons. The molecule has 3 N–H and O–H groups in total. The Morgan fingerprint density at radius 1 is 0.269 bits per heavy atom. The van der Waals surface area contributed by atoms with E-state index in [1.54, 1.807) is 0 Å². The van der Waals surface area contributed by atoms with Crippen LogP contribution in [0.2, 0.25) is 0 Å². The highest BCUT2D eigenvalue weighted by Gasteiger charge is 2.30. The van der Waals surface area contributed by atoms with Crippen LogP contribution in [0.3, 0.4) is 0 Å². The number of phosphoric acid groups is 2. The number of hydrogen-bond donors (Lipinski definition) is 3. The number of aliphatic hydroxyl groups excluding tert-OH is 1. The van der Waals surface area contributed by atoms with Gasteiger partial charge in [0.1, 0.15) is 19.3 Å². The molecule has 17 nitrogen and oxygen atoms in total. The standard InChI is InChI=1S/C89H148O17P2/c1-5-9-13-17-21-25-29-33-37-39-41-43-47-50-54-58-62-66-70-74-87(92)100-80-85(106-89(94)76-72-68-64-60-56-52-48-44-42-40-38-34-30-26-22-18-14-10-6-2)82-104-108(97,98)102-78-83(90)77-101-107(95,96)103-81-84(105-88(93)75-71-67-63-59-55-51-46-36-32-28-24-20-16-12-8-4)79-99-86(91)73-69-65-61-57-53-49-45-35-31-27-23-19-15-11-7-3/h9-10,13-14,21-23,25-27,33-38,41-46,50,52,54,56,83-85,90H,5-8,11-12,15-20,24,28-32,39-40,47-49,51,53,55,57-82H2,1-4H3,(H,95,96)(H,97,98)/b13-9-,14-10-,25-21-,26-22-,27-23-,37-33-,38-34-,43-41-,44-42-,45-35-,46-36-,54-50-,56-52-. The Balaban J connectivity index is 5.47. The van der Waals surface area contributed by atoms with Crippen LogP contribution in [-0.4, -0.2) is 96.7 Å². The topological polar surface area (TPSA) is 237 Å². The van der Waals surface area contributed by atoms with Gasteiger partial charge in [-0.3, -0.25) is 37.3 Å². The number of hydrogen-bond acceptors (Lipinski definition) is 15. The first-order valence-corrected chi connectivity index (χ1v) is 44.7. The number of unbranched alkanes of at least 4 members (excludes halogenated alkanes) is 25. The maximum atomic E-state index is 13.1. The molecule has 0 amide bonds. The van der Waals surface area contributed by atoms with Crippen molar-refractivity contribution in [3.63, 3.8) is 0 Å². The molecule has 0 saturated heterocycles. The van der Waals surface area contributed by atoms with Gasteiger partial charge in [0.25, 0.3) is 0 Å². The Hall–Kier alpha value is -5.32. The molecule has 0 aromatic rings. The quantitative estimate of drug-likeness (QED) is 0.0169. The monoisotopic (exact) mass is 1550 g/mol. The van der Waals surface area contributed by atoms with E-state index in [2.05, 4.69) is 186 Å². The summed E-state index contributed by atoms with van der Waals surface area (Å²) in [5.41, 5.74) is 0. The van der Waals surface area contributed by atoms with Crippen molar-refractivity contribution in [3.8, 4) is 0 Å². The van der Waals surface area contributed by atoms with Crippen LogP contribution in [0.1, 0.15) is 323 Å². The minimum absolute atomic E-state index is 0.0422. The summed E-state index contributed by atoms with van der Waals surface area (Å²) in [6, 6.07) is 0. The average Bonchev–Trinajstić information content (AvgIpc) is 0.896. The molecule has 0 rings (SSSR count). The van der Waals surface area contributed by atoms with Crippen LogP contribution in [0.4, 0.5) is 0 Å². The summed E-state index contributed by atoms with van der Waals surface area (Å²) in [6.45, 7) is 4.53. The lowest BCUT2D eigenvalue weighted by Crippen LogP contribution is -2.30. The third-order valence-electron chi connectivity index (χ3n) is 17.0. The van der Waals surface area contributed by atoms with Crippen molar-refractivity contribution >= 4 is 39.5 Å². The number of rotatable bonds is 77. The zero-order valence-electron chi connectivity index (χ0n) is 67.5. The third-order valence-corrected chi connectivity index (χ3v) is 18.9. The molecule has 0 radical (unpaired) electrons. The molecule has 0 aromatic carbocycles. The zero-order chi connectivity index (χ0) is 78.9. The fourth-order valence-electron chi connectivity index (χ4n) is 10.7. The van der Waals surface area contributed by atoms with Crippen LogP contribution < -0.4 is 0 Å². The minimum Gasteiger partial charge on any atom is -0.462 e. The summed E-state index contributed by atoms with van der Waals surface area (Å²) in [7, 11) is -10.0. The molecule has 0 aromatic heterocycles. The van der Waals surface area contributed by atoms with Crippen LogP contribution in [0.15, 0.2) is 158 Å². The van der Waals surface area contributed by atoms with Gasteiger partial charge in [-0.2, -0.15) is 0 Å². The maximum Gasteiger partial charge on any atom is 0.472 e. The highest BCUT2D eigenvalue weighted by atomic mass is 31.2. The van der Waals surface area contributed by atoms with Gasteiger partial charge < -0.3 is 33.8 Å². The first-order chi connectivity index (χ1) is 52.7. The Morgan fingerprint density at radius 2 is 0.481 bits per heavy atom. The van der Waals surface area contributed by atoms with Crippen molar-refractivity contribution < 1.29 is 80.2 Å². The number of allylic oxidation sites excluding steroid dienone is 26. The Bertz CT molecular complexity index is 2660. The summed E-state index contributed by atoms with van der Waals surface area (Å²) in [6.07, 6.45) is 93.5. The van der Waals surface area contributed by atoms with Gasteiger partial charge in [0, 0.05) is 25.7 Å². The van der Waals surface area contributed by atoms with Crippen molar-refractivity contribution in [1.82, 2.24) is 0 Å². The lowest BCUT2D eigenvalue weighted by molar-refractivity contribution is -0.161. The number of ether oxygens (including phenoxy) is 4. The van der Waals surface area contributed by atoms with Gasteiger partial charge in [-0.1, -0.05) is 282 Å². The summed E-state index contributed by atoms with van der Waals surface area (Å²) in [4.78, 5) is 73.2. The smallest absolute Gasteiger partial charge is 0.462 e. The van der Waals surface area contributed by atoms with Crippen molar-refractivity contribution in [2.75, 3.05) is 39.6 Å².